The highest BCUT2D eigenvalue weighted by Crippen LogP contribution is 2.32. The minimum absolute atomic E-state index is 0.193. The zero-order chi connectivity index (χ0) is 27.8. The molecular weight excluding hydrogens is 504 g/mol. The number of esters is 4. The van der Waals surface area contributed by atoms with E-state index in [2.05, 4.69) is 5.92 Å². The van der Waals surface area contributed by atoms with Crippen molar-refractivity contribution in [2.24, 2.45) is 0 Å². The second-order valence-electron chi connectivity index (χ2n) is 8.41. The van der Waals surface area contributed by atoms with Crippen LogP contribution >= 0.6 is 0 Å². The average Bonchev–Trinajstić information content (AvgIpc) is 3.28. The van der Waals surface area contributed by atoms with Crippen molar-refractivity contribution in [3.63, 3.8) is 0 Å². The summed E-state index contributed by atoms with van der Waals surface area (Å²) < 4.78 is 28.0. The Kier molecular flexibility index (Phi) is 8.71. The fourth-order valence-corrected chi connectivity index (χ4v) is 3.90. The molecule has 3 aromatic carbocycles. The molecule has 1 heterocycles. The highest BCUT2D eigenvalue weighted by molar-refractivity contribution is 5.91. The van der Waals surface area contributed by atoms with Crippen molar-refractivity contribution < 1.29 is 42.9 Å². The minimum atomic E-state index is -1.51. The molecule has 1 aliphatic rings. The van der Waals surface area contributed by atoms with E-state index in [9.17, 15) is 19.2 Å². The van der Waals surface area contributed by atoms with Gasteiger partial charge in [0.1, 0.15) is 0 Å². The van der Waals surface area contributed by atoms with Crippen LogP contribution in [0.4, 0.5) is 0 Å². The van der Waals surface area contributed by atoms with E-state index in [1.165, 1.54) is 36.4 Å². The Morgan fingerprint density at radius 1 is 0.692 bits per heavy atom. The van der Waals surface area contributed by atoms with Gasteiger partial charge in [0.15, 0.2) is 18.3 Å². The molecule has 1 saturated heterocycles. The summed E-state index contributed by atoms with van der Waals surface area (Å²) in [7, 11) is 0. The zero-order valence-electron chi connectivity index (χ0n) is 20.8. The molecular formula is C30H24O9. The maximum Gasteiger partial charge on any atom is 0.339 e. The van der Waals surface area contributed by atoms with Gasteiger partial charge in [0.25, 0.3) is 0 Å². The monoisotopic (exact) mass is 528 g/mol. The van der Waals surface area contributed by atoms with Gasteiger partial charge in [-0.05, 0) is 36.4 Å². The van der Waals surface area contributed by atoms with E-state index in [0.717, 1.165) is 6.92 Å². The first-order valence-corrected chi connectivity index (χ1v) is 11.9. The molecule has 3 aromatic rings. The smallest absolute Gasteiger partial charge is 0.339 e. The van der Waals surface area contributed by atoms with Gasteiger partial charge in [-0.1, -0.05) is 60.5 Å². The van der Waals surface area contributed by atoms with Crippen molar-refractivity contribution in [2.75, 3.05) is 0 Å². The molecule has 1 aliphatic heterocycles. The Morgan fingerprint density at radius 2 is 1.13 bits per heavy atom. The maximum absolute atomic E-state index is 13.0. The van der Waals surface area contributed by atoms with Gasteiger partial charge in [0.05, 0.1) is 16.7 Å². The van der Waals surface area contributed by atoms with E-state index >= 15 is 0 Å². The number of carbonyl (C=O) groups excluding carboxylic acids is 4. The zero-order valence-corrected chi connectivity index (χ0v) is 20.8. The van der Waals surface area contributed by atoms with Crippen LogP contribution in [-0.2, 0) is 28.5 Å². The van der Waals surface area contributed by atoms with Gasteiger partial charge >= 0.3 is 23.9 Å². The van der Waals surface area contributed by atoms with Crippen LogP contribution in [0.25, 0.3) is 0 Å². The standard InChI is InChI=1S/C30H24O9/c1-3-23(36-27(32)20-13-7-4-8-14-20)24-25(37-28(33)21-15-9-5-10-16-21)26(30(39-24)35-19(2)31)38-29(34)22-17-11-6-12-18-22/h1,4-18,23-26,30H,2H3/t23-,24-,25-,26-,30-/m1/s1. The molecule has 0 aromatic heterocycles. The van der Waals surface area contributed by atoms with Gasteiger partial charge in [0.2, 0.25) is 12.4 Å². The Morgan fingerprint density at radius 3 is 1.56 bits per heavy atom. The summed E-state index contributed by atoms with van der Waals surface area (Å²) >= 11 is 0. The number of carbonyl (C=O) groups is 4. The topological polar surface area (TPSA) is 114 Å². The van der Waals surface area contributed by atoms with E-state index < -0.39 is 54.6 Å². The molecule has 1 fully saturated rings. The van der Waals surface area contributed by atoms with Crippen LogP contribution < -0.4 is 0 Å². The van der Waals surface area contributed by atoms with Crippen molar-refractivity contribution in [3.8, 4) is 12.3 Å². The van der Waals surface area contributed by atoms with Crippen molar-refractivity contribution in [1.29, 1.82) is 0 Å². The summed E-state index contributed by atoms with van der Waals surface area (Å²) in [5.41, 5.74) is 0.607. The summed E-state index contributed by atoms with van der Waals surface area (Å²) in [6.45, 7) is 1.13. The number of hydrogen-bond donors (Lipinski definition) is 0. The summed E-state index contributed by atoms with van der Waals surface area (Å²) in [6, 6.07) is 24.2. The second-order valence-corrected chi connectivity index (χ2v) is 8.41. The van der Waals surface area contributed by atoms with Crippen LogP contribution in [0, 0.1) is 12.3 Å². The first-order chi connectivity index (χ1) is 18.9. The highest BCUT2D eigenvalue weighted by Gasteiger charge is 2.55. The van der Waals surface area contributed by atoms with E-state index in [4.69, 9.17) is 30.1 Å². The number of benzene rings is 3. The third-order valence-electron chi connectivity index (χ3n) is 5.70. The normalized spacial score (nSPS) is 20.6. The van der Waals surface area contributed by atoms with E-state index in [1.807, 2.05) is 0 Å². The molecule has 9 nitrogen and oxygen atoms in total. The fraction of sp³-hybridized carbons (Fsp3) is 0.200. The molecule has 198 valence electrons. The molecule has 0 N–H and O–H groups in total. The first kappa shape index (κ1) is 27.1. The largest absolute Gasteiger partial charge is 0.452 e. The minimum Gasteiger partial charge on any atom is -0.452 e. The predicted molar refractivity (Wildman–Crippen MR) is 136 cm³/mol. The molecule has 4 rings (SSSR count). The van der Waals surface area contributed by atoms with Crippen LogP contribution in [0.5, 0.6) is 0 Å². The van der Waals surface area contributed by atoms with Crippen LogP contribution in [0.1, 0.15) is 38.0 Å². The highest BCUT2D eigenvalue weighted by atomic mass is 16.8. The predicted octanol–water partition coefficient (Wildman–Crippen LogP) is 3.58. The molecule has 0 spiro atoms. The first-order valence-electron chi connectivity index (χ1n) is 11.9. The Hall–Kier alpha value is -4.94. The molecule has 5 atom stereocenters. The lowest BCUT2D eigenvalue weighted by molar-refractivity contribution is -0.190. The van der Waals surface area contributed by atoms with E-state index in [0.29, 0.717) is 0 Å². The lowest BCUT2D eigenvalue weighted by Crippen LogP contribution is -2.45. The number of hydrogen-bond acceptors (Lipinski definition) is 9. The lowest BCUT2D eigenvalue weighted by atomic mass is 10.0. The quantitative estimate of drug-likeness (QED) is 0.246. The molecule has 0 unspecified atom stereocenters. The molecule has 0 amide bonds. The van der Waals surface area contributed by atoms with Crippen molar-refractivity contribution >= 4 is 23.9 Å². The summed E-state index contributed by atoms with van der Waals surface area (Å²) in [5, 5.41) is 0. The molecule has 0 radical (unpaired) electrons. The summed E-state index contributed by atoms with van der Waals surface area (Å²) in [5.74, 6) is -0.769. The van der Waals surface area contributed by atoms with Gasteiger partial charge in [-0.3, -0.25) is 4.79 Å². The second kappa shape index (κ2) is 12.5. The third-order valence-corrected chi connectivity index (χ3v) is 5.70. The molecule has 0 saturated carbocycles. The fourth-order valence-electron chi connectivity index (χ4n) is 3.90. The number of ether oxygens (including phenoxy) is 5. The van der Waals surface area contributed by atoms with Crippen LogP contribution in [0.2, 0.25) is 0 Å². The Bertz CT molecular complexity index is 1350. The lowest BCUT2D eigenvalue weighted by Gasteiger charge is -2.26. The number of terminal acetylenes is 1. The third kappa shape index (κ3) is 6.69. The average molecular weight is 529 g/mol. The van der Waals surface area contributed by atoms with Gasteiger partial charge in [-0.2, -0.15) is 0 Å². The SMILES string of the molecule is C#C[C@@H](OC(=O)c1ccccc1)[C@H]1O[C@@H](OC(C)=O)[C@H](OC(=O)c2ccccc2)[C@@H]1OC(=O)c1ccccc1. The van der Waals surface area contributed by atoms with Gasteiger partial charge in [-0.25, -0.2) is 14.4 Å². The summed E-state index contributed by atoms with van der Waals surface area (Å²) in [6.07, 6.45) is -1.43. The number of rotatable bonds is 8. The molecule has 39 heavy (non-hydrogen) atoms. The van der Waals surface area contributed by atoms with Gasteiger partial charge < -0.3 is 23.7 Å². The van der Waals surface area contributed by atoms with Crippen LogP contribution in [0.15, 0.2) is 91.0 Å². The Labute approximate surface area is 224 Å². The maximum atomic E-state index is 13.0. The Balaban J connectivity index is 1.67. The van der Waals surface area contributed by atoms with Gasteiger partial charge in [-0.15, -0.1) is 6.42 Å². The van der Waals surface area contributed by atoms with Crippen molar-refractivity contribution in [3.05, 3.63) is 108 Å². The van der Waals surface area contributed by atoms with E-state index in [-0.39, 0.29) is 16.7 Å². The molecule has 9 heteroatoms. The van der Waals surface area contributed by atoms with E-state index in [1.54, 1.807) is 54.6 Å². The van der Waals surface area contributed by atoms with Crippen LogP contribution in [-0.4, -0.2) is 54.6 Å². The summed E-state index contributed by atoms with van der Waals surface area (Å²) in [4.78, 5) is 50.7. The molecule has 0 bridgehead atoms. The van der Waals surface area contributed by atoms with Crippen LogP contribution in [0.3, 0.4) is 0 Å². The van der Waals surface area contributed by atoms with Gasteiger partial charge in [0, 0.05) is 6.92 Å². The molecule has 0 aliphatic carbocycles. The van der Waals surface area contributed by atoms with Crippen molar-refractivity contribution in [2.45, 2.75) is 37.6 Å². The van der Waals surface area contributed by atoms with Crippen molar-refractivity contribution in [1.82, 2.24) is 0 Å².